The molecule has 2 N–H and O–H groups in total. The number of fused-ring (bicyclic) bond motifs is 1. The van der Waals surface area contributed by atoms with Gasteiger partial charge in [0.05, 0.1) is 32.6 Å². The zero-order valence-electron chi connectivity index (χ0n) is 19.0. The highest BCUT2D eigenvalue weighted by molar-refractivity contribution is 7.93. The third kappa shape index (κ3) is 5.90. The number of hydrogen-bond donors (Lipinski definition) is 2. The first-order valence-corrected chi connectivity index (χ1v) is 13.1. The highest BCUT2D eigenvalue weighted by Crippen LogP contribution is 2.32. The molecule has 1 saturated heterocycles. The van der Waals surface area contributed by atoms with Crippen LogP contribution in [0.4, 0.5) is 14.5 Å². The molecule has 1 unspecified atom stereocenters. The molecule has 1 aliphatic heterocycles. The Kier molecular flexibility index (Phi) is 7.28. The van der Waals surface area contributed by atoms with Gasteiger partial charge in [-0.1, -0.05) is 6.07 Å². The molecule has 1 atom stereocenters. The van der Waals surface area contributed by atoms with Gasteiger partial charge in [0.15, 0.2) is 0 Å². The maximum absolute atomic E-state index is 13.2. The number of carbonyl (C=O) groups is 1. The number of nitriles is 1. The van der Waals surface area contributed by atoms with Gasteiger partial charge in [-0.15, -0.1) is 11.3 Å². The molecule has 11 heteroatoms. The first-order valence-electron chi connectivity index (χ1n) is 11.0. The summed E-state index contributed by atoms with van der Waals surface area (Å²) in [4.78, 5) is 19.4. The smallest absolute Gasteiger partial charge is 0.255 e. The van der Waals surface area contributed by atoms with E-state index < -0.39 is 29.3 Å². The number of carbonyl (C=O) groups excluding carboxylic acids is 1. The quantitative estimate of drug-likeness (QED) is 0.438. The number of aliphatic hydroxyl groups is 1. The standard InChI is InChI=1S/C24H24F2N4O3S2/c1-23(25,26)7-8-24(32)9-11-30(12-10-24)22(31)18-6-5-17(13-16(18)14-27)29-35(33)20-4-2-3-19-21(20)28-15-34-19/h2-6,13,15,29,32H,7-12H2,1H3. The molecule has 1 aromatic heterocycles. The Morgan fingerprint density at radius 1 is 1.37 bits per heavy atom. The lowest BCUT2D eigenvalue weighted by molar-refractivity contribution is -0.0570. The molecule has 0 aliphatic carbocycles. The number of thiazole rings is 1. The van der Waals surface area contributed by atoms with Crippen molar-refractivity contribution >= 4 is 44.5 Å². The van der Waals surface area contributed by atoms with Gasteiger partial charge in [-0.25, -0.2) is 18.5 Å². The fraction of sp³-hybridized carbons (Fsp3) is 0.375. The lowest BCUT2D eigenvalue weighted by atomic mass is 9.86. The second-order valence-electron chi connectivity index (χ2n) is 8.78. The molecule has 0 bridgehead atoms. The molecule has 0 spiro atoms. The fourth-order valence-corrected chi connectivity index (χ4v) is 5.82. The van der Waals surface area contributed by atoms with Gasteiger partial charge in [0, 0.05) is 19.5 Å². The van der Waals surface area contributed by atoms with Crippen LogP contribution in [0, 0.1) is 11.3 Å². The molecule has 1 fully saturated rings. The molecular weight excluding hydrogens is 494 g/mol. The van der Waals surface area contributed by atoms with Gasteiger partial charge in [-0.2, -0.15) is 5.26 Å². The minimum absolute atomic E-state index is 0.0336. The van der Waals surface area contributed by atoms with Gasteiger partial charge in [0.1, 0.15) is 22.9 Å². The van der Waals surface area contributed by atoms with E-state index in [0.717, 1.165) is 11.6 Å². The average Bonchev–Trinajstić information content (AvgIpc) is 3.31. The molecule has 3 aromatic rings. The first kappa shape index (κ1) is 25.3. The average molecular weight is 519 g/mol. The Morgan fingerprint density at radius 2 is 2.11 bits per heavy atom. The number of piperidine rings is 1. The summed E-state index contributed by atoms with van der Waals surface area (Å²) < 4.78 is 43.1. The van der Waals surface area contributed by atoms with E-state index in [9.17, 15) is 28.5 Å². The van der Waals surface area contributed by atoms with Gasteiger partial charge in [-0.05, 0) is 56.5 Å². The molecule has 1 amide bonds. The Morgan fingerprint density at radius 3 is 2.80 bits per heavy atom. The number of aromatic nitrogens is 1. The van der Waals surface area contributed by atoms with Crippen molar-refractivity contribution in [2.24, 2.45) is 0 Å². The predicted molar refractivity (Wildman–Crippen MR) is 131 cm³/mol. The summed E-state index contributed by atoms with van der Waals surface area (Å²) in [7, 11) is 0. The minimum atomic E-state index is -2.85. The molecule has 1 aliphatic rings. The van der Waals surface area contributed by atoms with Crippen LogP contribution in [0.5, 0.6) is 0 Å². The number of nitrogens with one attached hydrogen (secondary N) is 1. The Labute approximate surface area is 208 Å². The Bertz CT molecular complexity index is 1260. The molecule has 2 heterocycles. The zero-order chi connectivity index (χ0) is 25.2. The van der Waals surface area contributed by atoms with Crippen molar-refractivity contribution < 1.29 is 23.2 Å². The number of benzene rings is 2. The van der Waals surface area contributed by atoms with E-state index in [4.69, 9.17) is 0 Å². The van der Waals surface area contributed by atoms with Crippen LogP contribution in [0.1, 0.15) is 48.5 Å². The normalized spacial score (nSPS) is 16.6. The lowest BCUT2D eigenvalue weighted by Crippen LogP contribution is -2.47. The summed E-state index contributed by atoms with van der Waals surface area (Å²) in [6, 6.07) is 12.0. The van der Waals surface area contributed by atoms with E-state index in [1.54, 1.807) is 23.7 Å². The zero-order valence-corrected chi connectivity index (χ0v) is 20.6. The van der Waals surface area contributed by atoms with E-state index in [1.165, 1.54) is 28.4 Å². The van der Waals surface area contributed by atoms with Crippen molar-refractivity contribution in [3.63, 3.8) is 0 Å². The van der Waals surface area contributed by atoms with Crippen LogP contribution >= 0.6 is 11.3 Å². The van der Waals surface area contributed by atoms with Crippen LogP contribution in [0.25, 0.3) is 10.2 Å². The van der Waals surface area contributed by atoms with E-state index in [1.807, 2.05) is 12.1 Å². The van der Waals surface area contributed by atoms with Crippen LogP contribution in [-0.2, 0) is 11.4 Å². The van der Waals surface area contributed by atoms with E-state index >= 15 is 0 Å². The second kappa shape index (κ2) is 10.1. The third-order valence-electron chi connectivity index (χ3n) is 6.11. The van der Waals surface area contributed by atoms with Crippen molar-refractivity contribution in [3.05, 3.63) is 53.0 Å². The predicted octanol–water partition coefficient (Wildman–Crippen LogP) is 4.71. The molecule has 0 saturated carbocycles. The summed E-state index contributed by atoms with van der Waals surface area (Å²) in [6.07, 6.45) is -0.0636. The van der Waals surface area contributed by atoms with Crippen LogP contribution in [0.3, 0.4) is 0 Å². The summed E-state index contributed by atoms with van der Waals surface area (Å²) in [5.74, 6) is -3.22. The molecule has 2 aromatic carbocycles. The van der Waals surface area contributed by atoms with Crippen molar-refractivity contribution in [1.29, 1.82) is 5.26 Å². The fourth-order valence-electron chi connectivity index (χ4n) is 4.06. The Hall–Kier alpha value is -2.78. The van der Waals surface area contributed by atoms with Crippen molar-refractivity contribution in [2.75, 3.05) is 17.8 Å². The summed E-state index contributed by atoms with van der Waals surface area (Å²) >= 11 is -0.182. The molecular formula is C24H24F2N4O3S2. The minimum Gasteiger partial charge on any atom is -0.588 e. The summed E-state index contributed by atoms with van der Waals surface area (Å²) in [5.41, 5.74) is 1.82. The van der Waals surface area contributed by atoms with Gasteiger partial charge >= 0.3 is 0 Å². The molecule has 184 valence electrons. The lowest BCUT2D eigenvalue weighted by Gasteiger charge is -2.38. The summed E-state index contributed by atoms with van der Waals surface area (Å²) in [6.45, 7) is 1.24. The number of likely N-dealkylation sites (tertiary alicyclic amines) is 1. The highest BCUT2D eigenvalue weighted by atomic mass is 32.2. The van der Waals surface area contributed by atoms with Crippen molar-refractivity contribution in [3.8, 4) is 6.07 Å². The van der Waals surface area contributed by atoms with Crippen molar-refractivity contribution in [1.82, 2.24) is 9.88 Å². The van der Waals surface area contributed by atoms with Crippen LogP contribution in [0.15, 0.2) is 46.8 Å². The van der Waals surface area contributed by atoms with Gasteiger partial charge in [0.25, 0.3) is 5.91 Å². The molecule has 7 nitrogen and oxygen atoms in total. The maximum Gasteiger partial charge on any atom is 0.255 e. The number of hydrogen-bond acceptors (Lipinski definition) is 7. The topological polar surface area (TPSA) is 112 Å². The van der Waals surface area contributed by atoms with E-state index in [0.29, 0.717) is 16.1 Å². The van der Waals surface area contributed by atoms with Crippen LogP contribution in [0.2, 0.25) is 0 Å². The Balaban J connectivity index is 1.44. The second-order valence-corrected chi connectivity index (χ2v) is 10.9. The first-order chi connectivity index (χ1) is 16.6. The number of halogens is 2. The van der Waals surface area contributed by atoms with E-state index in [-0.39, 0.29) is 49.4 Å². The number of rotatable bonds is 7. The highest BCUT2D eigenvalue weighted by Gasteiger charge is 2.37. The molecule has 35 heavy (non-hydrogen) atoms. The number of anilines is 1. The van der Waals surface area contributed by atoms with Crippen molar-refractivity contribution in [2.45, 2.75) is 49.0 Å². The number of para-hydroxylation sites is 1. The van der Waals surface area contributed by atoms with Crippen LogP contribution < -0.4 is 4.72 Å². The van der Waals surface area contributed by atoms with Gasteiger partial charge in [-0.3, -0.25) is 4.79 Å². The largest absolute Gasteiger partial charge is 0.588 e. The van der Waals surface area contributed by atoms with Gasteiger partial charge < -0.3 is 14.6 Å². The molecule has 4 rings (SSSR count). The monoisotopic (exact) mass is 518 g/mol. The van der Waals surface area contributed by atoms with E-state index in [2.05, 4.69) is 9.71 Å². The number of nitrogens with zero attached hydrogens (tertiary/aromatic N) is 3. The summed E-state index contributed by atoms with van der Waals surface area (Å²) in [5, 5.41) is 20.2. The maximum atomic E-state index is 13.2. The van der Waals surface area contributed by atoms with Gasteiger partial charge in [0.2, 0.25) is 10.8 Å². The van der Waals surface area contributed by atoms with Crippen LogP contribution in [-0.4, -0.2) is 50.1 Å². The third-order valence-corrected chi connectivity index (χ3v) is 8.06. The SMILES string of the molecule is CC(F)(F)CCC1(O)CCN(C(=O)c2ccc(N[S+]([O-])c3cccc4scnc34)cc2C#N)CC1. The number of amides is 1. The molecule has 0 radical (unpaired) electrons. The number of alkyl halides is 2.